The Morgan fingerprint density at radius 1 is 1.21 bits per heavy atom. The van der Waals surface area contributed by atoms with Crippen molar-refractivity contribution in [1.29, 1.82) is 0 Å². The van der Waals surface area contributed by atoms with Crippen molar-refractivity contribution in [2.45, 2.75) is 6.54 Å². The van der Waals surface area contributed by atoms with Crippen LogP contribution in [-0.2, 0) is 13.6 Å². The lowest BCUT2D eigenvalue weighted by Gasteiger charge is -2.11. The number of hydrogen-bond acceptors (Lipinski definition) is 2. The van der Waals surface area contributed by atoms with Crippen LogP contribution in [-0.4, -0.2) is 22.2 Å². The number of alkyl halides is 1. The fourth-order valence-electron chi connectivity index (χ4n) is 2.82. The van der Waals surface area contributed by atoms with Gasteiger partial charge in [-0.3, -0.25) is 0 Å². The predicted octanol–water partition coefficient (Wildman–Crippen LogP) is 3.15. The second kappa shape index (κ2) is 6.67. The lowest BCUT2D eigenvalue weighted by molar-refractivity contribution is -0.675. The molecule has 0 saturated heterocycles. The summed E-state index contributed by atoms with van der Waals surface area (Å²) in [7, 11) is 3.31. The monoisotopic (exact) mass is 386 g/mol. The Kier molecular flexibility index (Phi) is 4.76. The first kappa shape index (κ1) is 17.1. The van der Waals surface area contributed by atoms with Gasteiger partial charge in [-0.1, -0.05) is 27.7 Å². The molecule has 0 spiro atoms. The van der Waals surface area contributed by atoms with Crippen LogP contribution in [0.2, 0.25) is 10.0 Å². The van der Waals surface area contributed by atoms with Crippen LogP contribution in [0.5, 0.6) is 5.88 Å². The molecular formula is C16H15Cl3N3O2+. The van der Waals surface area contributed by atoms with E-state index in [1.165, 1.54) is 7.11 Å². The fraction of sp³-hybridized carbons (Fsp3) is 0.250. The van der Waals surface area contributed by atoms with Crippen molar-refractivity contribution < 1.29 is 9.30 Å². The van der Waals surface area contributed by atoms with Crippen LogP contribution in [0.25, 0.3) is 16.8 Å². The second-order valence-corrected chi connectivity index (χ2v) is 6.50. The van der Waals surface area contributed by atoms with E-state index in [1.807, 2.05) is 10.6 Å². The molecule has 126 valence electrons. The quantitative estimate of drug-likeness (QED) is 0.510. The average Bonchev–Trinajstić information content (AvgIpc) is 2.91. The van der Waals surface area contributed by atoms with Gasteiger partial charge in [0.15, 0.2) is 5.56 Å². The SMILES string of the molecule is COc1c(-c2cc(Cl)cc(Cl)c2)c(=O)n2c(ccn2C)[n+]1CCCl. The third kappa shape index (κ3) is 2.77. The second-order valence-electron chi connectivity index (χ2n) is 5.25. The molecule has 0 aliphatic rings. The molecule has 0 amide bonds. The summed E-state index contributed by atoms with van der Waals surface area (Å²) >= 11 is 18.2. The van der Waals surface area contributed by atoms with Crippen molar-refractivity contribution in [1.82, 2.24) is 9.20 Å². The minimum Gasteiger partial charge on any atom is -0.465 e. The van der Waals surface area contributed by atoms with Gasteiger partial charge in [0, 0.05) is 22.7 Å². The fourth-order valence-corrected chi connectivity index (χ4v) is 3.51. The van der Waals surface area contributed by atoms with Crippen molar-refractivity contribution in [3.05, 3.63) is 50.9 Å². The molecule has 0 atom stereocenters. The van der Waals surface area contributed by atoms with Gasteiger partial charge in [-0.2, -0.15) is 4.57 Å². The third-order valence-corrected chi connectivity index (χ3v) is 4.37. The molecular weight excluding hydrogens is 373 g/mol. The van der Waals surface area contributed by atoms with Crippen molar-refractivity contribution >= 4 is 40.4 Å². The summed E-state index contributed by atoms with van der Waals surface area (Å²) in [6, 6.07) is 6.83. The van der Waals surface area contributed by atoms with E-state index in [1.54, 1.807) is 40.6 Å². The molecule has 0 aliphatic heterocycles. The first-order valence-corrected chi connectivity index (χ1v) is 8.47. The highest BCUT2D eigenvalue weighted by molar-refractivity contribution is 6.35. The van der Waals surface area contributed by atoms with Crippen LogP contribution in [0.3, 0.4) is 0 Å². The van der Waals surface area contributed by atoms with Crippen molar-refractivity contribution in [2.75, 3.05) is 13.0 Å². The standard InChI is InChI=1S/C16H15Cl3N3O2/c1-20-5-3-13-21(6-4-17)16(24-2)14(15(23)22(13)20)10-7-11(18)9-12(19)8-10/h3,5,7-9H,4,6H2,1-2H3/q+1. The van der Waals surface area contributed by atoms with E-state index in [4.69, 9.17) is 39.5 Å². The van der Waals surface area contributed by atoms with Gasteiger partial charge in [0.1, 0.15) is 6.54 Å². The van der Waals surface area contributed by atoms with E-state index in [0.717, 1.165) is 0 Å². The number of aryl methyl sites for hydroxylation is 2. The molecule has 8 heteroatoms. The van der Waals surface area contributed by atoms with Gasteiger partial charge in [-0.15, -0.1) is 11.6 Å². The minimum atomic E-state index is -0.224. The predicted molar refractivity (Wildman–Crippen MR) is 95.6 cm³/mol. The van der Waals surface area contributed by atoms with Crippen LogP contribution >= 0.6 is 34.8 Å². The van der Waals surface area contributed by atoms with Crippen molar-refractivity contribution in [2.24, 2.45) is 7.05 Å². The highest BCUT2D eigenvalue weighted by Gasteiger charge is 2.28. The molecule has 2 aromatic heterocycles. The number of rotatable bonds is 4. The Hall–Kier alpha value is -1.69. The molecule has 1 aromatic carbocycles. The van der Waals surface area contributed by atoms with Gasteiger partial charge in [0.25, 0.3) is 5.88 Å². The molecule has 0 unspecified atom stereocenters. The summed E-state index contributed by atoms with van der Waals surface area (Å²) < 4.78 is 10.7. The van der Waals surface area contributed by atoms with E-state index in [9.17, 15) is 4.79 Å². The molecule has 0 fully saturated rings. The van der Waals surface area contributed by atoms with E-state index in [0.29, 0.717) is 45.1 Å². The number of benzene rings is 1. The molecule has 0 radical (unpaired) electrons. The Morgan fingerprint density at radius 2 is 1.88 bits per heavy atom. The third-order valence-electron chi connectivity index (χ3n) is 3.77. The van der Waals surface area contributed by atoms with Gasteiger partial charge < -0.3 is 4.74 Å². The first-order valence-electron chi connectivity index (χ1n) is 7.18. The Morgan fingerprint density at radius 3 is 2.46 bits per heavy atom. The molecule has 24 heavy (non-hydrogen) atoms. The van der Waals surface area contributed by atoms with E-state index in [2.05, 4.69) is 0 Å². The van der Waals surface area contributed by atoms with Crippen LogP contribution in [0.15, 0.2) is 35.3 Å². The van der Waals surface area contributed by atoms with E-state index < -0.39 is 0 Å². The van der Waals surface area contributed by atoms with Crippen LogP contribution in [0.4, 0.5) is 0 Å². The minimum absolute atomic E-state index is 0.224. The molecule has 5 nitrogen and oxygen atoms in total. The molecule has 3 aromatic rings. The summed E-state index contributed by atoms with van der Waals surface area (Å²) in [5.74, 6) is 0.796. The number of hydrogen-bond donors (Lipinski definition) is 0. The smallest absolute Gasteiger partial charge is 0.373 e. The average molecular weight is 388 g/mol. The maximum atomic E-state index is 13.1. The molecule has 0 saturated carbocycles. The zero-order valence-electron chi connectivity index (χ0n) is 13.1. The summed E-state index contributed by atoms with van der Waals surface area (Å²) in [5.41, 5.74) is 1.44. The molecule has 2 heterocycles. The number of halogens is 3. The van der Waals surface area contributed by atoms with Crippen LogP contribution in [0.1, 0.15) is 0 Å². The Bertz CT molecular complexity index is 959. The van der Waals surface area contributed by atoms with Gasteiger partial charge in [-0.05, 0) is 18.2 Å². The number of methoxy groups -OCH3 is 1. The van der Waals surface area contributed by atoms with E-state index in [-0.39, 0.29) is 5.56 Å². The summed E-state index contributed by atoms with van der Waals surface area (Å²) in [6.45, 7) is 0.486. The number of nitrogens with zero attached hydrogens (tertiary/aromatic N) is 3. The number of fused-ring (bicyclic) bond motifs is 1. The topological polar surface area (TPSA) is 39.5 Å². The molecule has 0 aliphatic carbocycles. The summed E-state index contributed by atoms with van der Waals surface area (Å²) in [4.78, 5) is 13.1. The largest absolute Gasteiger partial charge is 0.465 e. The molecule has 3 rings (SSSR count). The molecule has 0 N–H and O–H groups in total. The zero-order valence-corrected chi connectivity index (χ0v) is 15.4. The van der Waals surface area contributed by atoms with Gasteiger partial charge in [0.05, 0.1) is 25.3 Å². The van der Waals surface area contributed by atoms with E-state index >= 15 is 0 Å². The van der Waals surface area contributed by atoms with Crippen LogP contribution < -0.4 is 14.9 Å². The van der Waals surface area contributed by atoms with Gasteiger partial charge in [-0.25, -0.2) is 9.48 Å². The Balaban J connectivity index is 2.48. The lowest BCUT2D eigenvalue weighted by atomic mass is 10.1. The first-order chi connectivity index (χ1) is 11.5. The van der Waals surface area contributed by atoms with Crippen molar-refractivity contribution in [3.63, 3.8) is 0 Å². The van der Waals surface area contributed by atoms with Gasteiger partial charge in [0.2, 0.25) is 0 Å². The van der Waals surface area contributed by atoms with Crippen molar-refractivity contribution in [3.8, 4) is 17.0 Å². The highest BCUT2D eigenvalue weighted by Crippen LogP contribution is 2.29. The number of aromatic nitrogens is 3. The highest BCUT2D eigenvalue weighted by atomic mass is 35.5. The maximum Gasteiger partial charge on any atom is 0.373 e. The Labute approximate surface area is 153 Å². The lowest BCUT2D eigenvalue weighted by Crippen LogP contribution is -2.43. The van der Waals surface area contributed by atoms with Gasteiger partial charge >= 0.3 is 11.2 Å². The number of ether oxygens (including phenoxy) is 1. The molecule has 0 bridgehead atoms. The van der Waals surface area contributed by atoms with Crippen LogP contribution in [0, 0.1) is 0 Å². The maximum absolute atomic E-state index is 13.1. The summed E-state index contributed by atoms with van der Waals surface area (Å²) in [5, 5.41) is 0.889. The zero-order chi connectivity index (χ0) is 17.4. The normalized spacial score (nSPS) is 11.2. The summed E-state index contributed by atoms with van der Waals surface area (Å²) in [6.07, 6.45) is 1.80.